The van der Waals surface area contributed by atoms with Crippen molar-refractivity contribution in [1.82, 2.24) is 9.80 Å². The minimum atomic E-state index is -0.143. The Kier molecular flexibility index (Phi) is 7.76. The molecular formula is C24H30N2O5. The van der Waals surface area contributed by atoms with Crippen LogP contribution in [-0.2, 0) is 11.2 Å². The summed E-state index contributed by atoms with van der Waals surface area (Å²) < 4.78 is 16.2. The lowest BCUT2D eigenvalue weighted by Crippen LogP contribution is -2.38. The molecule has 2 aromatic carbocycles. The van der Waals surface area contributed by atoms with Gasteiger partial charge in [-0.25, -0.2) is 0 Å². The monoisotopic (exact) mass is 426 g/mol. The summed E-state index contributed by atoms with van der Waals surface area (Å²) >= 11 is 0. The van der Waals surface area contributed by atoms with Crippen LogP contribution in [0, 0.1) is 0 Å². The van der Waals surface area contributed by atoms with Crippen molar-refractivity contribution in [2.24, 2.45) is 0 Å². The summed E-state index contributed by atoms with van der Waals surface area (Å²) in [4.78, 5) is 29.6. The van der Waals surface area contributed by atoms with Crippen molar-refractivity contribution in [3.8, 4) is 17.2 Å². The maximum absolute atomic E-state index is 13.2. The fraction of sp³-hybridized carbons (Fsp3) is 0.417. The molecule has 0 bridgehead atoms. The van der Waals surface area contributed by atoms with Gasteiger partial charge in [0.1, 0.15) is 22.8 Å². The Bertz CT molecular complexity index is 875. The van der Waals surface area contributed by atoms with Crippen LogP contribution in [-0.4, -0.2) is 68.6 Å². The van der Waals surface area contributed by atoms with Gasteiger partial charge in [0.15, 0.2) is 0 Å². The number of benzene rings is 2. The van der Waals surface area contributed by atoms with E-state index in [1.165, 1.54) is 14.2 Å². The van der Waals surface area contributed by atoms with Gasteiger partial charge in [-0.2, -0.15) is 0 Å². The lowest BCUT2D eigenvalue weighted by Gasteiger charge is -2.23. The Morgan fingerprint density at radius 3 is 2.10 bits per heavy atom. The minimum Gasteiger partial charge on any atom is -0.496 e. The molecule has 0 N–H and O–H groups in total. The molecule has 2 aromatic rings. The molecule has 0 radical (unpaired) electrons. The van der Waals surface area contributed by atoms with Crippen LogP contribution in [0.1, 0.15) is 29.3 Å². The van der Waals surface area contributed by atoms with Crippen LogP contribution in [0.25, 0.3) is 0 Å². The predicted molar refractivity (Wildman–Crippen MR) is 118 cm³/mol. The summed E-state index contributed by atoms with van der Waals surface area (Å²) in [6.07, 6.45) is 1.05. The van der Waals surface area contributed by atoms with Crippen molar-refractivity contribution in [3.05, 3.63) is 53.6 Å². The predicted octanol–water partition coefficient (Wildman–Crippen LogP) is 3.02. The van der Waals surface area contributed by atoms with E-state index in [4.69, 9.17) is 14.2 Å². The Hall–Kier alpha value is -3.22. The summed E-state index contributed by atoms with van der Waals surface area (Å²) in [7, 11) is 3.07. The van der Waals surface area contributed by atoms with Crippen molar-refractivity contribution in [3.63, 3.8) is 0 Å². The average molecular weight is 427 g/mol. The number of hydrogen-bond acceptors (Lipinski definition) is 5. The molecular weight excluding hydrogens is 396 g/mol. The number of methoxy groups -OCH3 is 2. The van der Waals surface area contributed by atoms with Crippen molar-refractivity contribution < 1.29 is 23.8 Å². The van der Waals surface area contributed by atoms with Gasteiger partial charge in [-0.1, -0.05) is 18.2 Å². The van der Waals surface area contributed by atoms with E-state index in [1.807, 2.05) is 36.1 Å². The van der Waals surface area contributed by atoms with E-state index in [1.54, 1.807) is 23.1 Å². The SMILES string of the molecule is CCOc1ccc(CC(=O)N2CCCN(C(=O)c3c(OC)cccc3OC)CC2)cc1. The molecule has 0 saturated carbocycles. The van der Waals surface area contributed by atoms with Crippen molar-refractivity contribution in [1.29, 1.82) is 0 Å². The molecule has 0 unspecified atom stereocenters. The zero-order chi connectivity index (χ0) is 22.2. The van der Waals surface area contributed by atoms with Gasteiger partial charge in [-0.05, 0) is 43.2 Å². The molecule has 0 aromatic heterocycles. The van der Waals surface area contributed by atoms with E-state index in [0.717, 1.165) is 17.7 Å². The Morgan fingerprint density at radius 2 is 1.48 bits per heavy atom. The number of nitrogens with zero attached hydrogens (tertiary/aromatic N) is 2. The number of carbonyl (C=O) groups is 2. The first-order valence-electron chi connectivity index (χ1n) is 10.6. The molecule has 3 rings (SSSR count). The molecule has 1 aliphatic heterocycles. The molecule has 7 nitrogen and oxygen atoms in total. The average Bonchev–Trinajstić information content (AvgIpc) is 3.06. The highest BCUT2D eigenvalue weighted by Crippen LogP contribution is 2.30. The van der Waals surface area contributed by atoms with Crippen LogP contribution in [0.5, 0.6) is 17.2 Å². The third-order valence-electron chi connectivity index (χ3n) is 5.37. The molecule has 1 fully saturated rings. The van der Waals surface area contributed by atoms with E-state index in [2.05, 4.69) is 0 Å². The first-order valence-corrected chi connectivity index (χ1v) is 10.6. The van der Waals surface area contributed by atoms with Gasteiger partial charge >= 0.3 is 0 Å². The molecule has 0 spiro atoms. The number of amides is 2. The Balaban J connectivity index is 1.64. The van der Waals surface area contributed by atoms with Gasteiger partial charge in [0.05, 0.1) is 27.2 Å². The highest BCUT2D eigenvalue weighted by molar-refractivity contribution is 5.99. The van der Waals surface area contributed by atoms with Crippen molar-refractivity contribution >= 4 is 11.8 Å². The minimum absolute atomic E-state index is 0.0633. The van der Waals surface area contributed by atoms with Crippen LogP contribution >= 0.6 is 0 Å². The molecule has 0 aliphatic carbocycles. The van der Waals surface area contributed by atoms with Gasteiger partial charge in [0.25, 0.3) is 5.91 Å². The Morgan fingerprint density at radius 1 is 0.871 bits per heavy atom. The van der Waals surface area contributed by atoms with Crippen molar-refractivity contribution in [2.75, 3.05) is 47.0 Å². The van der Waals surface area contributed by atoms with E-state index in [-0.39, 0.29) is 11.8 Å². The zero-order valence-corrected chi connectivity index (χ0v) is 18.4. The van der Waals surface area contributed by atoms with Gasteiger partial charge in [-0.15, -0.1) is 0 Å². The van der Waals surface area contributed by atoms with Crippen molar-refractivity contribution in [2.45, 2.75) is 19.8 Å². The first-order chi connectivity index (χ1) is 15.1. The van der Waals surface area contributed by atoms with Crippen LogP contribution < -0.4 is 14.2 Å². The zero-order valence-electron chi connectivity index (χ0n) is 18.4. The smallest absolute Gasteiger partial charge is 0.261 e. The molecule has 7 heteroatoms. The lowest BCUT2D eigenvalue weighted by molar-refractivity contribution is -0.130. The molecule has 1 heterocycles. The summed E-state index contributed by atoms with van der Waals surface area (Å²) in [6, 6.07) is 12.9. The first kappa shape index (κ1) is 22.5. The van der Waals surface area contributed by atoms with Crippen LogP contribution in [0.3, 0.4) is 0 Å². The van der Waals surface area contributed by atoms with Crippen LogP contribution in [0.2, 0.25) is 0 Å². The Labute approximate surface area is 183 Å². The largest absolute Gasteiger partial charge is 0.496 e. The van der Waals surface area contributed by atoms with Gasteiger partial charge in [0, 0.05) is 26.2 Å². The molecule has 1 saturated heterocycles. The fourth-order valence-electron chi connectivity index (χ4n) is 3.75. The third-order valence-corrected chi connectivity index (χ3v) is 5.37. The number of ether oxygens (including phenoxy) is 3. The number of carbonyl (C=O) groups excluding carboxylic acids is 2. The highest BCUT2D eigenvalue weighted by Gasteiger charge is 2.27. The van der Waals surface area contributed by atoms with Crippen LogP contribution in [0.15, 0.2) is 42.5 Å². The molecule has 1 aliphatic rings. The fourth-order valence-corrected chi connectivity index (χ4v) is 3.75. The molecule has 0 atom stereocenters. The van der Waals surface area contributed by atoms with Gasteiger partial charge in [0.2, 0.25) is 5.91 Å². The second kappa shape index (κ2) is 10.7. The quantitative estimate of drug-likeness (QED) is 0.681. The highest BCUT2D eigenvalue weighted by atomic mass is 16.5. The summed E-state index contributed by atoms with van der Waals surface area (Å²) in [5.41, 5.74) is 1.37. The molecule has 166 valence electrons. The van der Waals surface area contributed by atoms with E-state index in [0.29, 0.717) is 56.3 Å². The van der Waals surface area contributed by atoms with E-state index in [9.17, 15) is 9.59 Å². The van der Waals surface area contributed by atoms with Gasteiger partial charge < -0.3 is 24.0 Å². The third kappa shape index (κ3) is 5.48. The normalized spacial score (nSPS) is 14.0. The molecule has 2 amide bonds. The van der Waals surface area contributed by atoms with Crippen LogP contribution in [0.4, 0.5) is 0 Å². The summed E-state index contributed by atoms with van der Waals surface area (Å²) in [5.74, 6) is 1.69. The lowest BCUT2D eigenvalue weighted by atomic mass is 10.1. The van der Waals surface area contributed by atoms with E-state index >= 15 is 0 Å². The second-order valence-corrected chi connectivity index (χ2v) is 7.32. The maximum Gasteiger partial charge on any atom is 0.261 e. The maximum atomic E-state index is 13.2. The summed E-state index contributed by atoms with van der Waals surface area (Å²) in [5, 5.41) is 0. The van der Waals surface area contributed by atoms with E-state index < -0.39 is 0 Å². The second-order valence-electron chi connectivity index (χ2n) is 7.32. The topological polar surface area (TPSA) is 68.3 Å². The van der Waals surface area contributed by atoms with Gasteiger partial charge in [-0.3, -0.25) is 9.59 Å². The molecule has 31 heavy (non-hydrogen) atoms. The number of rotatable bonds is 7. The summed E-state index contributed by atoms with van der Waals surface area (Å²) in [6.45, 7) is 4.72. The standard InChI is InChI=1S/C24H30N2O5/c1-4-31-19-11-9-18(10-12-19)17-22(27)25-13-6-14-26(16-15-25)24(28)23-20(29-2)7-5-8-21(23)30-3/h5,7-12H,4,6,13-17H2,1-3H3. The number of hydrogen-bond donors (Lipinski definition) is 0.